The second kappa shape index (κ2) is 3.57. The highest BCUT2D eigenvalue weighted by atomic mass is 16.4. The number of carboxylic acid groups (broad SMARTS) is 1. The first-order chi connectivity index (χ1) is 5.75. The van der Waals surface area contributed by atoms with Crippen molar-refractivity contribution < 1.29 is 9.90 Å². The van der Waals surface area contributed by atoms with Crippen molar-refractivity contribution in [3.63, 3.8) is 0 Å². The molecule has 0 saturated carbocycles. The summed E-state index contributed by atoms with van der Waals surface area (Å²) in [5, 5.41) is 8.68. The molecular weight excluding hydrogens is 154 g/mol. The van der Waals surface area contributed by atoms with Crippen LogP contribution in [-0.4, -0.2) is 11.1 Å². The molecule has 0 saturated heterocycles. The van der Waals surface area contributed by atoms with Gasteiger partial charge in [0.1, 0.15) is 0 Å². The lowest BCUT2D eigenvalue weighted by molar-refractivity contribution is -0.130. The molecule has 1 aromatic rings. The van der Waals surface area contributed by atoms with Crippen LogP contribution in [0.25, 0.3) is 5.57 Å². The predicted molar refractivity (Wildman–Crippen MR) is 46.2 cm³/mol. The molecule has 1 aromatic carbocycles. The zero-order chi connectivity index (χ0) is 8.97. The summed E-state index contributed by atoms with van der Waals surface area (Å²) in [6.07, 6.45) is 1.09. The molecule has 0 atom stereocenters. The third kappa shape index (κ3) is 1.63. The van der Waals surface area contributed by atoms with E-state index in [1.165, 1.54) is 0 Å². The van der Waals surface area contributed by atoms with Crippen LogP contribution in [-0.2, 0) is 4.79 Å². The fourth-order valence-corrected chi connectivity index (χ4v) is 0.909. The molecule has 3 nitrogen and oxygen atoms in total. The van der Waals surface area contributed by atoms with Crippen molar-refractivity contribution in [1.82, 2.24) is 0 Å². The molecule has 0 radical (unpaired) electrons. The molecule has 0 spiro atoms. The summed E-state index contributed by atoms with van der Waals surface area (Å²) in [5.41, 5.74) is 5.90. The van der Waals surface area contributed by atoms with Crippen molar-refractivity contribution in [2.24, 2.45) is 5.73 Å². The Labute approximate surface area is 70.1 Å². The smallest absolute Gasteiger partial charge is 0.337 e. The minimum Gasteiger partial charge on any atom is -0.478 e. The maximum atomic E-state index is 10.6. The van der Waals surface area contributed by atoms with Gasteiger partial charge in [-0.2, -0.15) is 0 Å². The Morgan fingerprint density at radius 3 is 2.33 bits per heavy atom. The Morgan fingerprint density at radius 2 is 1.92 bits per heavy atom. The first-order valence-electron chi connectivity index (χ1n) is 3.46. The average molecular weight is 163 g/mol. The first kappa shape index (κ1) is 8.33. The summed E-state index contributed by atoms with van der Waals surface area (Å²) in [4.78, 5) is 10.6. The zero-order valence-electron chi connectivity index (χ0n) is 6.40. The van der Waals surface area contributed by atoms with Gasteiger partial charge in [-0.25, -0.2) is 4.79 Å². The summed E-state index contributed by atoms with van der Waals surface area (Å²) >= 11 is 0. The van der Waals surface area contributed by atoms with Gasteiger partial charge in [-0.15, -0.1) is 0 Å². The first-order valence-corrected chi connectivity index (χ1v) is 3.46. The van der Waals surface area contributed by atoms with Crippen LogP contribution in [0.15, 0.2) is 36.5 Å². The Hall–Kier alpha value is -1.77. The van der Waals surface area contributed by atoms with E-state index in [1.54, 1.807) is 24.3 Å². The van der Waals surface area contributed by atoms with Crippen LogP contribution < -0.4 is 5.73 Å². The molecule has 62 valence electrons. The maximum Gasteiger partial charge on any atom is 0.337 e. The van der Waals surface area contributed by atoms with E-state index in [-0.39, 0.29) is 5.57 Å². The number of carbonyl (C=O) groups is 1. The number of nitrogens with two attached hydrogens (primary N) is 1. The van der Waals surface area contributed by atoms with E-state index in [1.807, 2.05) is 6.07 Å². The second-order valence-electron chi connectivity index (χ2n) is 2.25. The highest BCUT2D eigenvalue weighted by Gasteiger charge is 2.07. The Morgan fingerprint density at radius 1 is 1.33 bits per heavy atom. The van der Waals surface area contributed by atoms with Crippen LogP contribution in [0, 0.1) is 0 Å². The van der Waals surface area contributed by atoms with Gasteiger partial charge in [-0.1, -0.05) is 30.3 Å². The zero-order valence-corrected chi connectivity index (χ0v) is 6.40. The van der Waals surface area contributed by atoms with Gasteiger partial charge in [0.05, 0.1) is 5.57 Å². The molecule has 0 amide bonds. The van der Waals surface area contributed by atoms with Crippen LogP contribution in [0.5, 0.6) is 0 Å². The number of rotatable bonds is 2. The van der Waals surface area contributed by atoms with Crippen molar-refractivity contribution in [2.75, 3.05) is 0 Å². The van der Waals surface area contributed by atoms with Crippen molar-refractivity contribution in [1.29, 1.82) is 0 Å². The summed E-state index contributed by atoms with van der Waals surface area (Å²) in [6, 6.07) is 8.75. The summed E-state index contributed by atoms with van der Waals surface area (Å²) < 4.78 is 0. The lowest BCUT2D eigenvalue weighted by Crippen LogP contribution is -2.01. The Bertz CT molecular complexity index is 304. The maximum absolute atomic E-state index is 10.6. The quantitative estimate of drug-likeness (QED) is 0.641. The minimum absolute atomic E-state index is 0.121. The van der Waals surface area contributed by atoms with Crippen LogP contribution in [0.1, 0.15) is 5.56 Å². The molecule has 3 heteroatoms. The molecule has 0 aliphatic carbocycles. The van der Waals surface area contributed by atoms with Crippen molar-refractivity contribution in [3.8, 4) is 0 Å². The van der Waals surface area contributed by atoms with E-state index in [0.29, 0.717) is 5.56 Å². The summed E-state index contributed by atoms with van der Waals surface area (Å²) in [5.74, 6) is -1.01. The molecule has 3 N–H and O–H groups in total. The van der Waals surface area contributed by atoms with Gasteiger partial charge in [0.15, 0.2) is 0 Å². The summed E-state index contributed by atoms with van der Waals surface area (Å²) in [7, 11) is 0. The third-order valence-corrected chi connectivity index (χ3v) is 1.48. The van der Waals surface area contributed by atoms with E-state index in [0.717, 1.165) is 6.20 Å². The molecular formula is C9H9NO2. The van der Waals surface area contributed by atoms with Crippen LogP contribution >= 0.6 is 0 Å². The molecule has 0 aromatic heterocycles. The van der Waals surface area contributed by atoms with Crippen LogP contribution in [0.4, 0.5) is 0 Å². The topological polar surface area (TPSA) is 63.3 Å². The van der Waals surface area contributed by atoms with Crippen LogP contribution in [0.3, 0.4) is 0 Å². The lowest BCUT2D eigenvalue weighted by atomic mass is 10.1. The van der Waals surface area contributed by atoms with Gasteiger partial charge < -0.3 is 10.8 Å². The van der Waals surface area contributed by atoms with Gasteiger partial charge in [-0.3, -0.25) is 0 Å². The molecule has 0 bridgehead atoms. The molecule has 1 rings (SSSR count). The van der Waals surface area contributed by atoms with E-state index in [4.69, 9.17) is 10.8 Å². The average Bonchev–Trinajstić information content (AvgIpc) is 2.07. The monoisotopic (exact) mass is 163 g/mol. The van der Waals surface area contributed by atoms with E-state index >= 15 is 0 Å². The highest BCUT2D eigenvalue weighted by Crippen LogP contribution is 2.11. The largest absolute Gasteiger partial charge is 0.478 e. The highest BCUT2D eigenvalue weighted by molar-refractivity contribution is 6.15. The lowest BCUT2D eigenvalue weighted by Gasteiger charge is -1.99. The van der Waals surface area contributed by atoms with E-state index < -0.39 is 5.97 Å². The molecule has 12 heavy (non-hydrogen) atoms. The van der Waals surface area contributed by atoms with Gasteiger partial charge in [0, 0.05) is 6.20 Å². The van der Waals surface area contributed by atoms with Gasteiger partial charge in [0.2, 0.25) is 0 Å². The number of hydrogen-bond donors (Lipinski definition) is 2. The molecule has 0 unspecified atom stereocenters. The Balaban J connectivity index is 3.05. The molecule has 0 heterocycles. The molecule has 0 aliphatic rings. The van der Waals surface area contributed by atoms with E-state index in [2.05, 4.69) is 0 Å². The van der Waals surface area contributed by atoms with Gasteiger partial charge in [0.25, 0.3) is 0 Å². The van der Waals surface area contributed by atoms with Crippen molar-refractivity contribution in [2.45, 2.75) is 0 Å². The van der Waals surface area contributed by atoms with E-state index in [9.17, 15) is 4.79 Å². The van der Waals surface area contributed by atoms with Gasteiger partial charge >= 0.3 is 5.97 Å². The summed E-state index contributed by atoms with van der Waals surface area (Å²) in [6.45, 7) is 0. The van der Waals surface area contributed by atoms with Crippen LogP contribution in [0.2, 0.25) is 0 Å². The normalized spacial score (nSPS) is 11.2. The Kier molecular flexibility index (Phi) is 2.48. The van der Waals surface area contributed by atoms with Gasteiger partial charge in [-0.05, 0) is 5.56 Å². The number of hydrogen-bond acceptors (Lipinski definition) is 2. The fraction of sp³-hybridized carbons (Fsp3) is 0. The molecule has 0 aliphatic heterocycles. The molecule has 0 fully saturated rings. The standard InChI is InChI=1S/C9H9NO2/c10-6-8(9(11)12)7-4-2-1-3-5-7/h1-6H,10H2,(H,11,12). The number of benzene rings is 1. The number of aliphatic carboxylic acids is 1. The minimum atomic E-state index is -1.01. The second-order valence-corrected chi connectivity index (χ2v) is 2.25. The van der Waals surface area contributed by atoms with Crippen molar-refractivity contribution >= 4 is 11.5 Å². The van der Waals surface area contributed by atoms with Crippen molar-refractivity contribution in [3.05, 3.63) is 42.1 Å². The fourth-order valence-electron chi connectivity index (χ4n) is 0.909. The predicted octanol–water partition coefficient (Wildman–Crippen LogP) is 1.07. The number of carboxylic acids is 1. The SMILES string of the molecule is NC=C(C(=O)O)c1ccccc1. The third-order valence-electron chi connectivity index (χ3n) is 1.48.